The Morgan fingerprint density at radius 1 is 0.872 bits per heavy atom. The van der Waals surface area contributed by atoms with Crippen molar-refractivity contribution in [3.05, 3.63) is 125 Å². The first-order valence-electron chi connectivity index (χ1n) is 13.6. The van der Waals surface area contributed by atoms with Crippen LogP contribution in [0.5, 0.6) is 0 Å². The van der Waals surface area contributed by atoms with Crippen molar-refractivity contribution in [3.63, 3.8) is 0 Å². The lowest BCUT2D eigenvalue weighted by Crippen LogP contribution is -2.38. The summed E-state index contributed by atoms with van der Waals surface area (Å²) in [5, 5.41) is 9.47. The van der Waals surface area contributed by atoms with Crippen LogP contribution < -0.4 is 5.73 Å². The summed E-state index contributed by atoms with van der Waals surface area (Å²) in [6, 6.07) is 30.8. The lowest BCUT2D eigenvalue weighted by molar-refractivity contribution is -0.252. The highest BCUT2D eigenvalue weighted by atomic mass is 16.7. The van der Waals surface area contributed by atoms with Gasteiger partial charge in [-0.25, -0.2) is 0 Å². The lowest BCUT2D eigenvalue weighted by Gasteiger charge is -2.38. The fourth-order valence-corrected chi connectivity index (χ4v) is 5.03. The summed E-state index contributed by atoms with van der Waals surface area (Å²) in [5.74, 6) is 0. The zero-order valence-corrected chi connectivity index (χ0v) is 22.4. The number of ether oxygens (including phenoxy) is 2. The minimum atomic E-state index is -0.472. The van der Waals surface area contributed by atoms with Crippen LogP contribution in [0.2, 0.25) is 0 Å². The molecule has 0 saturated carbocycles. The van der Waals surface area contributed by atoms with Crippen LogP contribution in [0.4, 0.5) is 0 Å². The Balaban J connectivity index is 1.32. The van der Waals surface area contributed by atoms with Crippen LogP contribution in [0.15, 0.2) is 97.2 Å². The van der Waals surface area contributed by atoms with Gasteiger partial charge in [-0.05, 0) is 53.1 Å². The van der Waals surface area contributed by atoms with Crippen LogP contribution in [0.1, 0.15) is 46.8 Å². The normalized spacial score (nSPS) is 19.3. The van der Waals surface area contributed by atoms with E-state index in [4.69, 9.17) is 15.2 Å². The molecular weight excluding hydrogens is 486 g/mol. The molecule has 0 radical (unpaired) electrons. The van der Waals surface area contributed by atoms with E-state index < -0.39 is 6.29 Å². The molecule has 1 aromatic heterocycles. The Kier molecular flexibility index (Phi) is 9.14. The number of aliphatic hydroxyl groups is 1. The molecule has 6 nitrogen and oxygen atoms in total. The van der Waals surface area contributed by atoms with Crippen molar-refractivity contribution in [1.82, 2.24) is 9.88 Å². The van der Waals surface area contributed by atoms with Crippen molar-refractivity contribution in [2.24, 2.45) is 5.73 Å². The van der Waals surface area contributed by atoms with Gasteiger partial charge in [0.15, 0.2) is 6.29 Å². The third kappa shape index (κ3) is 7.18. The third-order valence-corrected chi connectivity index (χ3v) is 7.28. The molecule has 6 heteroatoms. The van der Waals surface area contributed by atoms with E-state index in [2.05, 4.69) is 59.4 Å². The second-order valence-corrected chi connectivity index (χ2v) is 10.2. The van der Waals surface area contributed by atoms with Crippen LogP contribution >= 0.6 is 0 Å². The fraction of sp³-hybridized carbons (Fsp3) is 0.303. The number of aliphatic hydroxyl groups excluding tert-OH is 1. The topological polar surface area (TPSA) is 80.8 Å². The maximum atomic E-state index is 9.47. The van der Waals surface area contributed by atoms with Gasteiger partial charge in [0.05, 0.1) is 18.8 Å². The molecule has 1 aliphatic rings. The van der Waals surface area contributed by atoms with Crippen molar-refractivity contribution in [3.8, 4) is 11.1 Å². The molecule has 39 heavy (non-hydrogen) atoms. The molecule has 0 amide bonds. The van der Waals surface area contributed by atoms with Crippen molar-refractivity contribution in [2.45, 2.75) is 44.5 Å². The summed E-state index contributed by atoms with van der Waals surface area (Å²) in [6.07, 6.45) is 2.91. The first-order chi connectivity index (χ1) is 19.1. The number of benzene rings is 3. The molecule has 0 bridgehead atoms. The quantitative estimate of drug-likeness (QED) is 0.289. The summed E-state index contributed by atoms with van der Waals surface area (Å²) in [4.78, 5) is 6.76. The van der Waals surface area contributed by atoms with E-state index in [0.29, 0.717) is 6.54 Å². The molecular formula is C33H37N3O3. The van der Waals surface area contributed by atoms with E-state index in [1.165, 1.54) is 0 Å². The molecule has 2 heterocycles. The average molecular weight is 524 g/mol. The molecule has 3 aromatic carbocycles. The van der Waals surface area contributed by atoms with E-state index in [1.54, 1.807) is 0 Å². The highest BCUT2D eigenvalue weighted by Crippen LogP contribution is 2.38. The first-order valence-corrected chi connectivity index (χ1v) is 13.6. The molecule has 3 atom stereocenters. The van der Waals surface area contributed by atoms with Gasteiger partial charge in [-0.15, -0.1) is 0 Å². The van der Waals surface area contributed by atoms with Crippen LogP contribution in [0.3, 0.4) is 0 Å². The zero-order chi connectivity index (χ0) is 27.0. The van der Waals surface area contributed by atoms with Crippen LogP contribution in [0.25, 0.3) is 11.1 Å². The highest BCUT2D eigenvalue weighted by molar-refractivity contribution is 5.64. The van der Waals surface area contributed by atoms with Gasteiger partial charge in [0.25, 0.3) is 0 Å². The molecule has 1 fully saturated rings. The van der Waals surface area contributed by atoms with Crippen LogP contribution in [-0.4, -0.2) is 41.2 Å². The molecule has 0 spiro atoms. The second kappa shape index (κ2) is 13.1. The van der Waals surface area contributed by atoms with Gasteiger partial charge in [0, 0.05) is 49.9 Å². The van der Waals surface area contributed by atoms with E-state index >= 15 is 0 Å². The smallest absolute Gasteiger partial charge is 0.184 e. The van der Waals surface area contributed by atoms with Crippen molar-refractivity contribution in [1.29, 1.82) is 0 Å². The number of hydrogen-bond donors (Lipinski definition) is 2. The van der Waals surface area contributed by atoms with E-state index in [1.807, 2.05) is 54.7 Å². The Bertz CT molecular complexity index is 1310. The Morgan fingerprint density at radius 3 is 2.38 bits per heavy atom. The Hall–Kier alpha value is -3.39. The lowest BCUT2D eigenvalue weighted by atomic mass is 9.99. The molecule has 202 valence electrons. The Morgan fingerprint density at radius 2 is 1.67 bits per heavy atom. The third-order valence-electron chi connectivity index (χ3n) is 7.28. The molecule has 1 aliphatic heterocycles. The first kappa shape index (κ1) is 27.2. The largest absolute Gasteiger partial charge is 0.392 e. The molecule has 0 unspecified atom stereocenters. The maximum Gasteiger partial charge on any atom is 0.184 e. The Labute approximate surface area is 231 Å². The monoisotopic (exact) mass is 523 g/mol. The van der Waals surface area contributed by atoms with Crippen molar-refractivity contribution >= 4 is 0 Å². The highest BCUT2D eigenvalue weighted by Gasteiger charge is 2.32. The molecule has 3 N–H and O–H groups in total. The number of pyridine rings is 1. The van der Waals surface area contributed by atoms with E-state index in [-0.39, 0.29) is 18.8 Å². The number of hydrogen-bond acceptors (Lipinski definition) is 6. The summed E-state index contributed by atoms with van der Waals surface area (Å²) < 4.78 is 13.1. The second-order valence-electron chi connectivity index (χ2n) is 10.2. The average Bonchev–Trinajstić information content (AvgIpc) is 3.00. The van der Waals surface area contributed by atoms with Crippen molar-refractivity contribution < 1.29 is 14.6 Å². The van der Waals surface area contributed by atoms with Gasteiger partial charge in [-0.3, -0.25) is 4.98 Å². The standard InChI is InChI=1S/C33H37N3O3/c1-36(18-16-30-7-2-3-17-35-30)22-31-20-32(27-10-8-24(23-37)9-11-27)39-33(38-31)28-14-12-26(13-15-28)29-6-4-5-25(19-29)21-34/h2-15,17,19,31-33,37H,16,18,20-23,34H2,1H3/t31-,32+,33+/m1/s1. The summed E-state index contributed by atoms with van der Waals surface area (Å²) in [7, 11) is 2.13. The number of nitrogens with two attached hydrogens (primary N) is 1. The minimum Gasteiger partial charge on any atom is -0.392 e. The zero-order valence-electron chi connectivity index (χ0n) is 22.4. The van der Waals surface area contributed by atoms with Crippen LogP contribution in [0, 0.1) is 0 Å². The van der Waals surface area contributed by atoms with E-state index in [0.717, 1.165) is 65.0 Å². The number of likely N-dealkylation sites (N-methyl/N-ethyl adjacent to an activating group) is 1. The molecule has 0 aliphatic carbocycles. The SMILES string of the molecule is CN(CCc1ccccn1)C[C@H]1C[C@@H](c2ccc(CO)cc2)O[C@@H](c2ccc(-c3cccc(CN)c3)cc2)O1. The predicted molar refractivity (Wildman–Crippen MR) is 154 cm³/mol. The minimum absolute atomic E-state index is 0.000846. The van der Waals surface area contributed by atoms with Gasteiger partial charge in [-0.2, -0.15) is 0 Å². The van der Waals surface area contributed by atoms with Gasteiger partial charge in [0.2, 0.25) is 0 Å². The molecule has 1 saturated heterocycles. The summed E-state index contributed by atoms with van der Waals surface area (Å²) >= 11 is 0. The van der Waals surface area contributed by atoms with Gasteiger partial charge in [-0.1, -0.05) is 72.8 Å². The number of rotatable bonds is 10. The molecule has 4 aromatic rings. The van der Waals surface area contributed by atoms with Gasteiger partial charge < -0.3 is 25.2 Å². The number of aromatic nitrogens is 1. The fourth-order valence-electron chi connectivity index (χ4n) is 5.03. The predicted octanol–water partition coefficient (Wildman–Crippen LogP) is 5.42. The summed E-state index contributed by atoms with van der Waals surface area (Å²) in [6.45, 7) is 2.24. The maximum absolute atomic E-state index is 9.47. The van der Waals surface area contributed by atoms with E-state index in [9.17, 15) is 5.11 Å². The van der Waals surface area contributed by atoms with Gasteiger partial charge >= 0.3 is 0 Å². The van der Waals surface area contributed by atoms with Crippen molar-refractivity contribution in [2.75, 3.05) is 20.1 Å². The van der Waals surface area contributed by atoms with Crippen LogP contribution in [-0.2, 0) is 29.0 Å². The number of nitrogens with zero attached hydrogens (tertiary/aromatic N) is 2. The summed E-state index contributed by atoms with van der Waals surface area (Å²) in [5.41, 5.74) is 13.3. The molecule has 5 rings (SSSR count). The van der Waals surface area contributed by atoms with Gasteiger partial charge in [0.1, 0.15) is 0 Å².